The van der Waals surface area contributed by atoms with Gasteiger partial charge in [0.2, 0.25) is 10.0 Å². The van der Waals surface area contributed by atoms with Crippen LogP contribution in [0.15, 0.2) is 17.2 Å². The molecule has 1 unspecified atom stereocenters. The van der Waals surface area contributed by atoms with Gasteiger partial charge in [0, 0.05) is 18.8 Å². The Bertz CT molecular complexity index is 592. The fraction of sp³-hybridized carbons (Fsp3) is 0.615. The lowest BCUT2D eigenvalue weighted by Crippen LogP contribution is -2.31. The van der Waals surface area contributed by atoms with Gasteiger partial charge in [0.1, 0.15) is 10.6 Å². The van der Waals surface area contributed by atoms with Crippen LogP contribution in [0.3, 0.4) is 0 Å². The van der Waals surface area contributed by atoms with Gasteiger partial charge in [0.15, 0.2) is 0 Å². The number of nitrogens with zero attached hydrogens (tertiary/aromatic N) is 1. The first-order chi connectivity index (χ1) is 9.69. The number of nitrogens with one attached hydrogen (secondary N) is 1. The molecule has 0 fully saturated rings. The van der Waals surface area contributed by atoms with Crippen LogP contribution < -0.4 is 4.72 Å². The predicted octanol–water partition coefficient (Wildman–Crippen LogP) is 1.21. The zero-order chi connectivity index (χ0) is 16.2. The standard InChI is InChI=1S/C13H22N2O5S/c1-4-5-10(16)7-14-21(19,20)11-6-12(13(17)18)15(8-11)9(2)3/h6,8-10,14,16H,4-5,7H2,1-3H3,(H,17,18). The lowest BCUT2D eigenvalue weighted by molar-refractivity contribution is 0.0683. The number of hydrogen-bond acceptors (Lipinski definition) is 4. The molecule has 0 bridgehead atoms. The largest absolute Gasteiger partial charge is 0.477 e. The highest BCUT2D eigenvalue weighted by Crippen LogP contribution is 2.19. The molecule has 1 atom stereocenters. The fourth-order valence-corrected chi connectivity index (χ4v) is 3.02. The molecular formula is C13H22N2O5S. The highest BCUT2D eigenvalue weighted by molar-refractivity contribution is 7.89. The monoisotopic (exact) mass is 318 g/mol. The van der Waals surface area contributed by atoms with Gasteiger partial charge >= 0.3 is 5.97 Å². The third kappa shape index (κ3) is 4.55. The molecule has 0 saturated carbocycles. The van der Waals surface area contributed by atoms with E-state index < -0.39 is 22.1 Å². The first kappa shape index (κ1) is 17.7. The number of carboxylic acids is 1. The number of aromatic carboxylic acids is 1. The SMILES string of the molecule is CCCC(O)CNS(=O)(=O)c1cc(C(=O)O)n(C(C)C)c1. The summed E-state index contributed by atoms with van der Waals surface area (Å²) in [6, 6.07) is 0.947. The zero-order valence-corrected chi connectivity index (χ0v) is 13.2. The van der Waals surface area contributed by atoms with Crippen LogP contribution in [-0.2, 0) is 10.0 Å². The summed E-state index contributed by atoms with van der Waals surface area (Å²) in [4.78, 5) is 11.0. The molecule has 0 aliphatic heterocycles. The Balaban J connectivity index is 2.98. The van der Waals surface area contributed by atoms with E-state index in [4.69, 9.17) is 5.11 Å². The molecule has 0 aliphatic rings. The van der Waals surface area contributed by atoms with E-state index in [1.54, 1.807) is 13.8 Å². The number of aromatic nitrogens is 1. The minimum Gasteiger partial charge on any atom is -0.477 e. The molecule has 1 aromatic rings. The number of carboxylic acid groups (broad SMARTS) is 1. The van der Waals surface area contributed by atoms with Crippen molar-refractivity contribution in [1.82, 2.24) is 9.29 Å². The maximum atomic E-state index is 12.1. The van der Waals surface area contributed by atoms with E-state index in [1.807, 2.05) is 6.92 Å². The summed E-state index contributed by atoms with van der Waals surface area (Å²) >= 11 is 0. The van der Waals surface area contributed by atoms with Crippen LogP contribution in [0.25, 0.3) is 0 Å². The van der Waals surface area contributed by atoms with Crippen LogP contribution in [0, 0.1) is 0 Å². The van der Waals surface area contributed by atoms with E-state index in [1.165, 1.54) is 10.8 Å². The van der Waals surface area contributed by atoms with Gasteiger partial charge in [-0.25, -0.2) is 17.9 Å². The van der Waals surface area contributed by atoms with Crippen molar-refractivity contribution < 1.29 is 23.4 Å². The van der Waals surface area contributed by atoms with E-state index in [9.17, 15) is 18.3 Å². The Labute approximate surface area is 124 Å². The maximum Gasteiger partial charge on any atom is 0.352 e. The molecule has 0 aromatic carbocycles. The van der Waals surface area contributed by atoms with E-state index in [2.05, 4.69) is 4.72 Å². The van der Waals surface area contributed by atoms with Crippen molar-refractivity contribution in [2.45, 2.75) is 50.7 Å². The van der Waals surface area contributed by atoms with Crippen LogP contribution >= 0.6 is 0 Å². The minimum atomic E-state index is -3.84. The molecule has 3 N–H and O–H groups in total. The topological polar surface area (TPSA) is 109 Å². The lowest BCUT2D eigenvalue weighted by atomic mass is 10.2. The third-order valence-electron chi connectivity index (χ3n) is 3.04. The summed E-state index contributed by atoms with van der Waals surface area (Å²) in [5.74, 6) is -1.18. The van der Waals surface area contributed by atoms with Gasteiger partial charge in [-0.05, 0) is 26.3 Å². The molecule has 0 radical (unpaired) electrons. The van der Waals surface area contributed by atoms with Crippen molar-refractivity contribution in [1.29, 1.82) is 0 Å². The number of hydrogen-bond donors (Lipinski definition) is 3. The lowest BCUT2D eigenvalue weighted by Gasteiger charge is -2.11. The van der Waals surface area contributed by atoms with Crippen LogP contribution in [0.5, 0.6) is 0 Å². The third-order valence-corrected chi connectivity index (χ3v) is 4.43. The van der Waals surface area contributed by atoms with Crippen molar-refractivity contribution in [2.24, 2.45) is 0 Å². The van der Waals surface area contributed by atoms with Crippen molar-refractivity contribution in [3.05, 3.63) is 18.0 Å². The van der Waals surface area contributed by atoms with Gasteiger partial charge in [0.05, 0.1) is 6.10 Å². The summed E-state index contributed by atoms with van der Waals surface area (Å²) in [6.45, 7) is 5.33. The molecule has 0 amide bonds. The second kappa shape index (κ2) is 7.06. The second-order valence-corrected chi connectivity index (χ2v) is 6.93. The van der Waals surface area contributed by atoms with Crippen molar-refractivity contribution in [3.8, 4) is 0 Å². The molecule has 1 rings (SSSR count). The van der Waals surface area contributed by atoms with Crippen LogP contribution in [-0.4, -0.2) is 41.8 Å². The number of aliphatic hydroxyl groups is 1. The Morgan fingerprint density at radius 1 is 1.43 bits per heavy atom. The second-order valence-electron chi connectivity index (χ2n) is 5.16. The Kier molecular flexibility index (Phi) is 5.94. The normalized spacial score (nSPS) is 13.6. The van der Waals surface area contributed by atoms with Crippen molar-refractivity contribution >= 4 is 16.0 Å². The van der Waals surface area contributed by atoms with E-state index in [-0.39, 0.29) is 23.2 Å². The maximum absolute atomic E-state index is 12.1. The molecule has 1 heterocycles. The van der Waals surface area contributed by atoms with Gasteiger partial charge in [-0.15, -0.1) is 0 Å². The molecule has 120 valence electrons. The Morgan fingerprint density at radius 2 is 2.05 bits per heavy atom. The van der Waals surface area contributed by atoms with Gasteiger partial charge in [-0.1, -0.05) is 13.3 Å². The molecule has 0 spiro atoms. The van der Waals surface area contributed by atoms with Gasteiger partial charge in [-0.2, -0.15) is 0 Å². The van der Waals surface area contributed by atoms with Gasteiger partial charge in [0.25, 0.3) is 0 Å². The smallest absolute Gasteiger partial charge is 0.352 e. The van der Waals surface area contributed by atoms with Crippen molar-refractivity contribution in [3.63, 3.8) is 0 Å². The molecule has 0 aliphatic carbocycles. The van der Waals surface area contributed by atoms with Crippen LogP contribution in [0.4, 0.5) is 0 Å². The fourth-order valence-electron chi connectivity index (χ4n) is 1.92. The molecule has 7 nitrogen and oxygen atoms in total. The zero-order valence-electron chi connectivity index (χ0n) is 12.4. The van der Waals surface area contributed by atoms with Crippen LogP contribution in [0.2, 0.25) is 0 Å². The number of sulfonamides is 1. The number of aliphatic hydroxyl groups excluding tert-OH is 1. The van der Waals surface area contributed by atoms with Crippen molar-refractivity contribution in [2.75, 3.05) is 6.54 Å². The number of carbonyl (C=O) groups is 1. The minimum absolute atomic E-state index is 0.0838. The van der Waals surface area contributed by atoms with Crippen LogP contribution in [0.1, 0.15) is 50.1 Å². The van der Waals surface area contributed by atoms with E-state index >= 15 is 0 Å². The quantitative estimate of drug-likeness (QED) is 0.667. The first-order valence-corrected chi connectivity index (χ1v) is 8.30. The highest BCUT2D eigenvalue weighted by Gasteiger charge is 2.22. The predicted molar refractivity (Wildman–Crippen MR) is 77.9 cm³/mol. The summed E-state index contributed by atoms with van der Waals surface area (Å²) < 4.78 is 27.9. The summed E-state index contributed by atoms with van der Waals surface area (Å²) in [5, 5.41) is 18.7. The Morgan fingerprint density at radius 3 is 2.48 bits per heavy atom. The number of rotatable bonds is 8. The van der Waals surface area contributed by atoms with E-state index in [0.29, 0.717) is 6.42 Å². The molecule has 1 aromatic heterocycles. The van der Waals surface area contributed by atoms with Gasteiger partial charge in [-0.3, -0.25) is 0 Å². The molecule has 0 saturated heterocycles. The van der Waals surface area contributed by atoms with Gasteiger partial charge < -0.3 is 14.8 Å². The first-order valence-electron chi connectivity index (χ1n) is 6.82. The summed E-state index contributed by atoms with van der Waals surface area (Å²) in [7, 11) is -3.84. The average molecular weight is 318 g/mol. The van der Waals surface area contributed by atoms with E-state index in [0.717, 1.165) is 12.5 Å². The molecule has 8 heteroatoms. The molecular weight excluding hydrogens is 296 g/mol. The Hall–Kier alpha value is -1.38. The molecule has 21 heavy (non-hydrogen) atoms. The summed E-state index contributed by atoms with van der Waals surface area (Å²) in [6.07, 6.45) is 1.78. The summed E-state index contributed by atoms with van der Waals surface area (Å²) in [5.41, 5.74) is -0.0838. The average Bonchev–Trinajstić information content (AvgIpc) is 2.83. The highest BCUT2D eigenvalue weighted by atomic mass is 32.2.